The topological polar surface area (TPSA) is 27.3 Å². The highest BCUT2D eigenvalue weighted by molar-refractivity contribution is 7.80. The van der Waals surface area contributed by atoms with Crippen LogP contribution in [-0.4, -0.2) is 18.2 Å². The van der Waals surface area contributed by atoms with Crippen LogP contribution in [0.5, 0.6) is 0 Å². The highest BCUT2D eigenvalue weighted by Crippen LogP contribution is 2.23. The summed E-state index contributed by atoms with van der Waals surface area (Å²) in [6.07, 6.45) is 2.63. The van der Waals surface area contributed by atoms with E-state index >= 15 is 0 Å². The number of hydrogen-bond donors (Lipinski definition) is 2. The van der Waals surface area contributed by atoms with Crippen molar-refractivity contribution in [3.05, 3.63) is 59.1 Å². The summed E-state index contributed by atoms with van der Waals surface area (Å²) in [5, 5.41) is 7.73. The van der Waals surface area contributed by atoms with E-state index in [9.17, 15) is 0 Å². The molecule has 0 aromatic heterocycles. The van der Waals surface area contributed by atoms with Crippen molar-refractivity contribution in [3.8, 4) is 0 Å². The molecule has 2 N–H and O–H groups in total. The minimum absolute atomic E-state index is 0.608. The van der Waals surface area contributed by atoms with E-state index < -0.39 is 0 Å². The molecule has 1 heterocycles. The van der Waals surface area contributed by atoms with Gasteiger partial charge in [0.15, 0.2) is 5.11 Å². The fraction of sp³-hybridized carbons (Fsp3) is 0.350. The Hall–Kier alpha value is -1.78. The molecule has 0 unspecified atom stereocenters. The average molecular weight is 374 g/mol. The van der Waals surface area contributed by atoms with Gasteiger partial charge in [0.2, 0.25) is 0 Å². The average Bonchev–Trinajstić information content (AvgIpc) is 2.62. The summed E-state index contributed by atoms with van der Waals surface area (Å²) in [5.41, 5.74) is 3.46. The zero-order valence-electron chi connectivity index (χ0n) is 14.5. The van der Waals surface area contributed by atoms with E-state index in [-0.39, 0.29) is 0 Å². The predicted molar refractivity (Wildman–Crippen MR) is 112 cm³/mol. The van der Waals surface area contributed by atoms with Gasteiger partial charge >= 0.3 is 0 Å². The van der Waals surface area contributed by atoms with Crippen molar-refractivity contribution in [1.82, 2.24) is 5.32 Å². The molecule has 1 aliphatic heterocycles. The highest BCUT2D eigenvalue weighted by Gasteiger charge is 2.16. The fourth-order valence-corrected chi connectivity index (χ4v) is 3.46. The van der Waals surface area contributed by atoms with Crippen LogP contribution in [-0.2, 0) is 6.54 Å². The van der Waals surface area contributed by atoms with Crippen LogP contribution in [0.25, 0.3) is 0 Å². The highest BCUT2D eigenvalue weighted by atomic mass is 35.5. The predicted octanol–water partition coefficient (Wildman–Crippen LogP) is 5.06. The Bertz CT molecular complexity index is 700. The molecule has 1 atom stereocenters. The van der Waals surface area contributed by atoms with E-state index in [0.29, 0.717) is 16.7 Å². The Labute approximate surface area is 160 Å². The van der Waals surface area contributed by atoms with Crippen molar-refractivity contribution in [1.29, 1.82) is 0 Å². The lowest BCUT2D eigenvalue weighted by atomic mass is 9.99. The van der Waals surface area contributed by atoms with E-state index in [2.05, 4.69) is 46.7 Å². The zero-order valence-corrected chi connectivity index (χ0v) is 16.0. The molecule has 5 heteroatoms. The third-order valence-corrected chi connectivity index (χ3v) is 5.01. The quantitative estimate of drug-likeness (QED) is 0.732. The van der Waals surface area contributed by atoms with Crippen LogP contribution >= 0.6 is 23.8 Å². The first-order valence-corrected chi connectivity index (χ1v) is 9.53. The van der Waals surface area contributed by atoms with Crippen LogP contribution in [0.2, 0.25) is 5.02 Å². The second kappa shape index (κ2) is 8.54. The summed E-state index contributed by atoms with van der Waals surface area (Å²) in [5.74, 6) is 0.784. The normalized spacial score (nSPS) is 17.2. The molecule has 0 bridgehead atoms. The number of thiocarbonyl (C=S) groups is 1. The summed E-state index contributed by atoms with van der Waals surface area (Å²) in [4.78, 5) is 2.48. The Morgan fingerprint density at radius 1 is 1.16 bits per heavy atom. The van der Waals surface area contributed by atoms with Gasteiger partial charge in [-0.25, -0.2) is 0 Å². The molecule has 25 heavy (non-hydrogen) atoms. The zero-order chi connectivity index (χ0) is 17.6. The van der Waals surface area contributed by atoms with Gasteiger partial charge in [0.05, 0.1) is 0 Å². The molecule has 0 spiro atoms. The van der Waals surface area contributed by atoms with E-state index in [0.717, 1.165) is 24.7 Å². The minimum Gasteiger partial charge on any atom is -0.371 e. The summed E-state index contributed by atoms with van der Waals surface area (Å²) in [6.45, 7) is 5.36. The van der Waals surface area contributed by atoms with Gasteiger partial charge in [-0.1, -0.05) is 30.7 Å². The molecular formula is C20H24ClN3S. The minimum atomic E-state index is 0.608. The largest absolute Gasteiger partial charge is 0.371 e. The molecule has 3 nitrogen and oxygen atoms in total. The van der Waals surface area contributed by atoms with Crippen LogP contribution in [0, 0.1) is 5.92 Å². The number of nitrogens with one attached hydrogen (secondary N) is 2. The maximum absolute atomic E-state index is 5.89. The van der Waals surface area contributed by atoms with Gasteiger partial charge in [0.1, 0.15) is 0 Å². The first-order valence-electron chi connectivity index (χ1n) is 8.74. The van der Waals surface area contributed by atoms with Crippen molar-refractivity contribution in [2.75, 3.05) is 23.3 Å². The van der Waals surface area contributed by atoms with E-state index in [1.165, 1.54) is 24.1 Å². The van der Waals surface area contributed by atoms with Gasteiger partial charge in [-0.15, -0.1) is 0 Å². The number of piperidine rings is 1. The van der Waals surface area contributed by atoms with Gasteiger partial charge in [0, 0.05) is 36.0 Å². The Morgan fingerprint density at radius 3 is 2.56 bits per heavy atom. The van der Waals surface area contributed by atoms with Crippen molar-refractivity contribution in [3.63, 3.8) is 0 Å². The first-order chi connectivity index (χ1) is 12.1. The van der Waals surface area contributed by atoms with Crippen molar-refractivity contribution < 1.29 is 0 Å². The van der Waals surface area contributed by atoms with Crippen LogP contribution < -0.4 is 15.5 Å². The lowest BCUT2D eigenvalue weighted by molar-refractivity contribution is 0.447. The molecule has 1 fully saturated rings. The molecule has 132 valence electrons. The molecule has 0 amide bonds. The molecule has 0 radical (unpaired) electrons. The first kappa shape index (κ1) is 18.0. The third-order valence-electron chi connectivity index (χ3n) is 4.51. The summed E-state index contributed by atoms with van der Waals surface area (Å²) in [6, 6.07) is 16.3. The molecular weight excluding hydrogens is 350 g/mol. The van der Waals surface area contributed by atoms with Crippen LogP contribution in [0.3, 0.4) is 0 Å². The third kappa shape index (κ3) is 5.35. The van der Waals surface area contributed by atoms with Gasteiger partial charge in [-0.2, -0.15) is 0 Å². The maximum Gasteiger partial charge on any atom is 0.171 e. The van der Waals surface area contributed by atoms with Crippen molar-refractivity contribution >= 4 is 40.3 Å². The Balaban J connectivity index is 1.49. The molecule has 0 aliphatic carbocycles. The molecule has 0 saturated carbocycles. The van der Waals surface area contributed by atoms with Gasteiger partial charge in [-0.05, 0) is 72.9 Å². The van der Waals surface area contributed by atoms with Crippen molar-refractivity contribution in [2.24, 2.45) is 5.92 Å². The number of hydrogen-bond acceptors (Lipinski definition) is 2. The van der Waals surface area contributed by atoms with Crippen LogP contribution in [0.1, 0.15) is 25.3 Å². The Morgan fingerprint density at radius 2 is 1.88 bits per heavy atom. The molecule has 3 rings (SSSR count). The summed E-state index contributed by atoms with van der Waals surface area (Å²) < 4.78 is 0. The smallest absolute Gasteiger partial charge is 0.171 e. The molecule has 1 aliphatic rings. The summed E-state index contributed by atoms with van der Waals surface area (Å²) in [7, 11) is 0. The molecule has 2 aromatic rings. The molecule has 1 saturated heterocycles. The van der Waals surface area contributed by atoms with Crippen LogP contribution in [0.15, 0.2) is 48.5 Å². The van der Waals surface area contributed by atoms with Crippen molar-refractivity contribution in [2.45, 2.75) is 26.3 Å². The van der Waals surface area contributed by atoms with E-state index in [1.54, 1.807) is 0 Å². The second-order valence-corrected chi connectivity index (χ2v) is 7.52. The lowest BCUT2D eigenvalue weighted by Crippen LogP contribution is -2.34. The fourth-order valence-electron chi connectivity index (χ4n) is 3.14. The number of benzene rings is 2. The SMILES string of the molecule is C[C@H]1CCCN(c2ccc(CNC(=S)Nc3ccc(Cl)cc3)cc2)C1. The van der Waals surface area contributed by atoms with Gasteiger partial charge < -0.3 is 15.5 Å². The lowest BCUT2D eigenvalue weighted by Gasteiger charge is -2.32. The number of nitrogens with zero attached hydrogens (tertiary/aromatic N) is 1. The van der Waals surface area contributed by atoms with E-state index in [1.807, 2.05) is 24.3 Å². The summed E-state index contributed by atoms with van der Waals surface area (Å²) >= 11 is 11.2. The number of halogens is 1. The Kier molecular flexibility index (Phi) is 6.16. The maximum atomic E-state index is 5.89. The van der Waals surface area contributed by atoms with Gasteiger partial charge in [-0.3, -0.25) is 0 Å². The monoisotopic (exact) mass is 373 g/mol. The van der Waals surface area contributed by atoms with Gasteiger partial charge in [0.25, 0.3) is 0 Å². The molecule has 2 aromatic carbocycles. The number of rotatable bonds is 4. The second-order valence-electron chi connectivity index (χ2n) is 6.67. The van der Waals surface area contributed by atoms with E-state index in [4.69, 9.17) is 23.8 Å². The number of anilines is 2. The van der Waals surface area contributed by atoms with Crippen LogP contribution in [0.4, 0.5) is 11.4 Å². The standard InChI is InChI=1S/C20H24ClN3S/c1-15-3-2-12-24(14-15)19-10-4-16(5-11-19)13-22-20(25)23-18-8-6-17(21)7-9-18/h4-11,15H,2-3,12-14H2,1H3,(H2,22,23,25)/t15-/m0/s1.